The smallest absolute Gasteiger partial charge is 0.102 e. The highest BCUT2D eigenvalue weighted by Crippen LogP contribution is 2.29. The first kappa shape index (κ1) is 9.78. The number of hydrogen-bond acceptors (Lipinski definition) is 2. The summed E-state index contributed by atoms with van der Waals surface area (Å²) in [6.07, 6.45) is 3.27. The highest BCUT2D eigenvalue weighted by atomic mass is 32.2. The molecule has 4 atom stereocenters. The van der Waals surface area contributed by atoms with E-state index in [1.807, 2.05) is 11.8 Å². The summed E-state index contributed by atoms with van der Waals surface area (Å²) in [6, 6.07) is 1.10. The van der Waals surface area contributed by atoms with Gasteiger partial charge in [-0.05, 0) is 31.4 Å². The summed E-state index contributed by atoms with van der Waals surface area (Å²) in [7, 11) is 0. The summed E-state index contributed by atoms with van der Waals surface area (Å²) < 4.78 is 12.9. The summed E-state index contributed by atoms with van der Waals surface area (Å²) >= 11 is 2.03. The summed E-state index contributed by atoms with van der Waals surface area (Å²) in [4.78, 5) is 0. The van der Waals surface area contributed by atoms with Crippen molar-refractivity contribution in [3.8, 4) is 0 Å². The summed E-state index contributed by atoms with van der Waals surface area (Å²) in [6.45, 7) is 2.28. The molecule has 2 fully saturated rings. The van der Waals surface area contributed by atoms with Crippen LogP contribution in [0.4, 0.5) is 4.39 Å². The number of alkyl halides is 1. The van der Waals surface area contributed by atoms with Gasteiger partial charge >= 0.3 is 0 Å². The van der Waals surface area contributed by atoms with Crippen molar-refractivity contribution in [1.29, 1.82) is 0 Å². The third-order valence-electron chi connectivity index (χ3n) is 3.19. The third kappa shape index (κ3) is 2.38. The van der Waals surface area contributed by atoms with Gasteiger partial charge in [0.15, 0.2) is 0 Å². The van der Waals surface area contributed by atoms with E-state index in [-0.39, 0.29) is 0 Å². The van der Waals surface area contributed by atoms with Crippen molar-refractivity contribution in [2.24, 2.45) is 0 Å². The fourth-order valence-corrected chi connectivity index (χ4v) is 3.54. The van der Waals surface area contributed by atoms with Crippen molar-refractivity contribution in [1.82, 2.24) is 5.32 Å². The van der Waals surface area contributed by atoms with Gasteiger partial charge in [-0.3, -0.25) is 0 Å². The topological polar surface area (TPSA) is 12.0 Å². The van der Waals surface area contributed by atoms with Gasteiger partial charge in [0.2, 0.25) is 0 Å². The van der Waals surface area contributed by atoms with Crippen LogP contribution in [0.1, 0.15) is 32.6 Å². The molecular weight excluding hydrogens is 185 g/mol. The number of rotatable bonds is 2. The van der Waals surface area contributed by atoms with Crippen LogP contribution in [-0.4, -0.2) is 29.3 Å². The highest BCUT2D eigenvalue weighted by molar-refractivity contribution is 8.00. The van der Waals surface area contributed by atoms with Gasteiger partial charge < -0.3 is 5.32 Å². The van der Waals surface area contributed by atoms with Gasteiger partial charge in [-0.15, -0.1) is 0 Å². The Morgan fingerprint density at radius 2 is 2.15 bits per heavy atom. The van der Waals surface area contributed by atoms with Gasteiger partial charge in [-0.2, -0.15) is 11.8 Å². The van der Waals surface area contributed by atoms with Crippen LogP contribution >= 0.6 is 11.8 Å². The van der Waals surface area contributed by atoms with Crippen LogP contribution < -0.4 is 5.32 Å². The fourth-order valence-electron chi connectivity index (χ4n) is 2.33. The lowest BCUT2D eigenvalue weighted by Gasteiger charge is -2.21. The maximum Gasteiger partial charge on any atom is 0.102 e. The minimum absolute atomic E-state index is 0.459. The summed E-state index contributed by atoms with van der Waals surface area (Å²) in [5.74, 6) is 1.27. The van der Waals surface area contributed by atoms with Crippen LogP contribution in [0.5, 0.6) is 0 Å². The van der Waals surface area contributed by atoms with Gasteiger partial charge in [0, 0.05) is 17.3 Å². The molecular formula is C10H18FNS. The van der Waals surface area contributed by atoms with Crippen molar-refractivity contribution in [2.75, 3.05) is 5.75 Å². The normalized spacial score (nSPS) is 45.7. The Balaban J connectivity index is 1.77. The van der Waals surface area contributed by atoms with E-state index in [4.69, 9.17) is 0 Å². The van der Waals surface area contributed by atoms with E-state index in [0.717, 1.165) is 24.5 Å². The maximum absolute atomic E-state index is 12.9. The SMILES string of the molecule is CC1SCCC1NC1CCC(F)C1. The molecule has 76 valence electrons. The van der Waals surface area contributed by atoms with E-state index < -0.39 is 6.17 Å². The highest BCUT2D eigenvalue weighted by Gasteiger charge is 2.30. The molecule has 0 amide bonds. The van der Waals surface area contributed by atoms with E-state index in [1.165, 1.54) is 12.2 Å². The zero-order chi connectivity index (χ0) is 9.26. The molecule has 1 aliphatic heterocycles. The first-order chi connectivity index (χ1) is 6.25. The molecule has 0 radical (unpaired) electrons. The average Bonchev–Trinajstić information content (AvgIpc) is 2.64. The molecule has 0 bridgehead atoms. The quantitative estimate of drug-likeness (QED) is 0.739. The van der Waals surface area contributed by atoms with Crippen LogP contribution in [-0.2, 0) is 0 Å². The minimum Gasteiger partial charge on any atom is -0.310 e. The Hall–Kier alpha value is 0.240. The Bertz CT molecular complexity index is 176. The minimum atomic E-state index is -0.540. The molecule has 0 spiro atoms. The lowest BCUT2D eigenvalue weighted by molar-refractivity contribution is 0.327. The third-order valence-corrected chi connectivity index (χ3v) is 4.52. The Morgan fingerprint density at radius 3 is 2.69 bits per heavy atom. The summed E-state index contributed by atoms with van der Waals surface area (Å²) in [5.41, 5.74) is 0. The molecule has 13 heavy (non-hydrogen) atoms. The van der Waals surface area contributed by atoms with Crippen molar-refractivity contribution in [2.45, 2.75) is 56.1 Å². The zero-order valence-corrected chi connectivity index (χ0v) is 8.95. The second kappa shape index (κ2) is 4.18. The Labute approximate surface area is 83.9 Å². The largest absolute Gasteiger partial charge is 0.310 e. The molecule has 1 saturated heterocycles. The van der Waals surface area contributed by atoms with Crippen molar-refractivity contribution in [3.63, 3.8) is 0 Å². The van der Waals surface area contributed by atoms with E-state index in [1.54, 1.807) is 0 Å². The molecule has 0 aromatic rings. The second-order valence-electron chi connectivity index (χ2n) is 4.25. The van der Waals surface area contributed by atoms with Gasteiger partial charge in [-0.25, -0.2) is 4.39 Å². The number of thioether (sulfide) groups is 1. The van der Waals surface area contributed by atoms with Crippen LogP contribution in [0.2, 0.25) is 0 Å². The van der Waals surface area contributed by atoms with E-state index in [9.17, 15) is 4.39 Å². The number of hydrogen-bond donors (Lipinski definition) is 1. The van der Waals surface area contributed by atoms with Gasteiger partial charge in [0.1, 0.15) is 6.17 Å². The average molecular weight is 203 g/mol. The van der Waals surface area contributed by atoms with E-state index >= 15 is 0 Å². The van der Waals surface area contributed by atoms with E-state index in [2.05, 4.69) is 12.2 Å². The molecule has 1 heterocycles. The molecule has 1 saturated carbocycles. The molecule has 0 aromatic heterocycles. The predicted octanol–water partition coefficient (Wildman–Crippen LogP) is 2.36. The maximum atomic E-state index is 12.9. The van der Waals surface area contributed by atoms with Crippen molar-refractivity contribution >= 4 is 11.8 Å². The zero-order valence-electron chi connectivity index (χ0n) is 8.13. The molecule has 1 aliphatic carbocycles. The lowest BCUT2D eigenvalue weighted by Crippen LogP contribution is -2.40. The van der Waals surface area contributed by atoms with Crippen molar-refractivity contribution in [3.05, 3.63) is 0 Å². The predicted molar refractivity (Wildman–Crippen MR) is 56.0 cm³/mol. The van der Waals surface area contributed by atoms with Crippen LogP contribution in [0.15, 0.2) is 0 Å². The van der Waals surface area contributed by atoms with E-state index in [0.29, 0.717) is 12.1 Å². The van der Waals surface area contributed by atoms with Gasteiger partial charge in [-0.1, -0.05) is 6.92 Å². The molecule has 3 heteroatoms. The standard InChI is InChI=1S/C10H18FNS/c1-7-10(4-5-13-7)12-9-3-2-8(11)6-9/h7-10,12H,2-6H2,1H3. The van der Waals surface area contributed by atoms with Crippen LogP contribution in [0.25, 0.3) is 0 Å². The summed E-state index contributed by atoms with van der Waals surface area (Å²) in [5, 5.41) is 4.32. The molecule has 2 aliphatic rings. The lowest BCUT2D eigenvalue weighted by atomic mass is 10.1. The Kier molecular flexibility index (Phi) is 3.14. The van der Waals surface area contributed by atoms with Crippen LogP contribution in [0, 0.1) is 0 Å². The molecule has 0 aromatic carbocycles. The second-order valence-corrected chi connectivity index (χ2v) is 5.73. The first-order valence-corrected chi connectivity index (χ1v) is 6.32. The molecule has 1 nitrogen and oxygen atoms in total. The number of nitrogens with one attached hydrogen (secondary N) is 1. The van der Waals surface area contributed by atoms with Crippen LogP contribution in [0.3, 0.4) is 0 Å². The fraction of sp³-hybridized carbons (Fsp3) is 1.00. The molecule has 4 unspecified atom stereocenters. The van der Waals surface area contributed by atoms with Crippen molar-refractivity contribution < 1.29 is 4.39 Å². The molecule has 2 rings (SSSR count). The number of halogens is 1. The Morgan fingerprint density at radius 1 is 1.31 bits per heavy atom. The van der Waals surface area contributed by atoms with Gasteiger partial charge in [0.05, 0.1) is 0 Å². The van der Waals surface area contributed by atoms with Gasteiger partial charge in [0.25, 0.3) is 0 Å². The monoisotopic (exact) mass is 203 g/mol. The molecule has 1 N–H and O–H groups in total. The first-order valence-electron chi connectivity index (χ1n) is 5.27.